The Morgan fingerprint density at radius 2 is 0.944 bits per heavy atom. The van der Waals surface area contributed by atoms with E-state index in [-0.39, 0.29) is 128 Å². The monoisotopic (exact) mass is 1450 g/mol. The van der Waals surface area contributed by atoms with Crippen LogP contribution in [-0.4, -0.2) is 47.3 Å². The smallest absolute Gasteiger partial charge is 0.165 e. The van der Waals surface area contributed by atoms with Crippen molar-refractivity contribution in [3.63, 3.8) is 0 Å². The second kappa shape index (κ2) is 26.5. The Hall–Kier alpha value is -5.45. The van der Waals surface area contributed by atoms with Crippen molar-refractivity contribution < 1.29 is 105 Å². The van der Waals surface area contributed by atoms with Crippen LogP contribution in [0.1, 0.15) is 158 Å². The average molecular weight is 1440 g/mol. The quantitative estimate of drug-likeness (QED) is 0.0358. The minimum absolute atomic E-state index is 0. The predicted molar refractivity (Wildman–Crippen MR) is 353 cm³/mol. The van der Waals surface area contributed by atoms with Crippen molar-refractivity contribution in [2.75, 3.05) is 0 Å². The van der Waals surface area contributed by atoms with Gasteiger partial charge in [-0.05, 0) is 126 Å². The van der Waals surface area contributed by atoms with E-state index < -0.39 is 59.6 Å². The summed E-state index contributed by atoms with van der Waals surface area (Å²) in [5.74, 6) is -3.16. The number of hydrogen-bond acceptors (Lipinski definition) is 13. The number of benzene rings is 8. The van der Waals surface area contributed by atoms with Gasteiger partial charge < -0.3 is 62.6 Å². The van der Waals surface area contributed by atoms with Crippen LogP contribution in [0.2, 0.25) is 0 Å². The van der Waals surface area contributed by atoms with E-state index in [0.29, 0.717) is 28.2 Å². The third kappa shape index (κ3) is 11.3. The fourth-order valence-electron chi connectivity index (χ4n) is 14.0. The van der Waals surface area contributed by atoms with E-state index in [1.54, 1.807) is 24.3 Å². The molecule has 0 saturated heterocycles. The number of aryl methyl sites for hydroxylation is 6. The number of hydrogen-bond donors (Lipinski definition) is 5. The molecule has 21 heteroatoms. The zero-order chi connectivity index (χ0) is 62.6. The summed E-state index contributed by atoms with van der Waals surface area (Å²) < 4.78 is 51.5. The van der Waals surface area contributed by atoms with Crippen molar-refractivity contribution in [1.29, 1.82) is 0 Å². The van der Waals surface area contributed by atoms with Crippen LogP contribution in [0.4, 0.5) is 0 Å². The van der Waals surface area contributed by atoms with Crippen molar-refractivity contribution in [2.24, 2.45) is 17.8 Å². The second-order valence-electron chi connectivity index (χ2n) is 24.2. The molecule has 4 aliphatic heterocycles. The van der Waals surface area contributed by atoms with Gasteiger partial charge in [-0.3, -0.25) is 0 Å². The standard InChI is InChI=1S/C69H68B2O13P4.2Mo/c1-28-10-14-37(22-32(28)5)62-34(7)24-43-30(3)12-18-41(66(43)77-62)51-35(8)63(38-15-11-29(2)33(6)23-38)78-67-42(19-13-31(4)50(51)67)52-36(9)64(39-16-20-44(72)45(73)25-39)79-69-56(52)59(74)55(60(75)58(69)71)54-53-48(83-87)27-49(84-88)57(70)68(53)80-65(61(54)76)40-17-21-46(81-85)47(26-40)82-86;;/h10-17,20-23,25-27,34-36,51-52,54,61-65,72-76H,24,85-88H2,1-9H3;;/q-2;;. The maximum absolute atomic E-state index is 13.8. The summed E-state index contributed by atoms with van der Waals surface area (Å²) in [6, 6.07) is 35.4. The zero-order valence-corrected chi connectivity index (χ0v) is 59.6. The summed E-state index contributed by atoms with van der Waals surface area (Å²) in [7, 11) is 22.9. The number of ether oxygens (including phenoxy) is 4. The van der Waals surface area contributed by atoms with Gasteiger partial charge in [-0.15, -0.1) is 22.3 Å². The summed E-state index contributed by atoms with van der Waals surface area (Å²) in [4.78, 5) is 0. The molecule has 90 heavy (non-hydrogen) atoms. The van der Waals surface area contributed by atoms with Gasteiger partial charge in [0.15, 0.2) is 29.1 Å². The van der Waals surface area contributed by atoms with E-state index in [1.807, 2.05) is 13.0 Å². The topological polar surface area (TPSA) is 175 Å². The van der Waals surface area contributed by atoms with Gasteiger partial charge in [0.1, 0.15) is 74.6 Å². The number of aliphatic hydroxyl groups excluding tert-OH is 1. The molecule has 0 aromatic heterocycles. The Kier molecular flexibility index (Phi) is 19.9. The maximum atomic E-state index is 13.8. The molecular weight excluding hydrogens is 1370 g/mol. The molecule has 12 rings (SSSR count). The van der Waals surface area contributed by atoms with Crippen LogP contribution < -0.4 is 48.0 Å². The fraction of sp³-hybridized carbons (Fsp3) is 0.304. The minimum Gasteiger partial charge on any atom is -0.543 e. The summed E-state index contributed by atoms with van der Waals surface area (Å²) in [6.07, 6.45) is -3.87. The number of aliphatic hydroxyl groups is 1. The number of phenolic OH excluding ortho intramolecular Hbond substituents is 4. The van der Waals surface area contributed by atoms with Crippen LogP contribution in [0.25, 0.3) is 0 Å². The molecule has 0 saturated carbocycles. The van der Waals surface area contributed by atoms with Crippen molar-refractivity contribution >= 4 is 64.5 Å². The third-order valence-corrected chi connectivity index (χ3v) is 20.0. The zero-order valence-electron chi connectivity index (χ0n) is 51.0. The molecule has 8 aromatic carbocycles. The molecule has 462 valence electrons. The van der Waals surface area contributed by atoms with Crippen LogP contribution in [0, 0.1) is 71.4 Å². The van der Waals surface area contributed by atoms with E-state index >= 15 is 0 Å². The SMILES string of the molecule is [B]c1c(O)c(C2c3c(OP)cc(OP)c([B])c3OC(c3ccc(OP)c(OP)c3)C2O)c(O)c2c1OC(c1ccc(O)c(O)c1)C(C)C2c1[c-]cc(C)c2c1OC(c1ccc(C)c(C)c1)C(C)C2c1[c-]cc(C)c2c1OC(c1ccc(C)c(C)c1)C(C)C2.[Mo].[Mo]. The molecule has 0 bridgehead atoms. The Labute approximate surface area is 566 Å². The summed E-state index contributed by atoms with van der Waals surface area (Å²) in [6.45, 7) is 19.0. The van der Waals surface area contributed by atoms with Gasteiger partial charge >= 0.3 is 0 Å². The number of aromatic hydroxyl groups is 4. The molecular formula is C69H68B2Mo2O13P4-2. The molecule has 0 amide bonds. The Morgan fingerprint density at radius 1 is 0.444 bits per heavy atom. The van der Waals surface area contributed by atoms with Gasteiger partial charge in [-0.25, -0.2) is 0 Å². The van der Waals surface area contributed by atoms with Gasteiger partial charge in [-0.2, -0.15) is 35.4 Å². The van der Waals surface area contributed by atoms with Gasteiger partial charge in [0.05, 0.1) is 43.8 Å². The Morgan fingerprint density at radius 3 is 1.54 bits per heavy atom. The first-order valence-electron chi connectivity index (χ1n) is 29.1. The molecule has 15 atom stereocenters. The first kappa shape index (κ1) is 67.4. The molecule has 0 spiro atoms. The summed E-state index contributed by atoms with van der Waals surface area (Å²) in [5.41, 5.74) is 12.8. The third-order valence-electron chi connectivity index (χ3n) is 19.0. The van der Waals surface area contributed by atoms with Gasteiger partial charge in [-0.1, -0.05) is 83.1 Å². The van der Waals surface area contributed by atoms with Gasteiger partial charge in [0, 0.05) is 94.1 Å². The number of phenols is 4. The van der Waals surface area contributed by atoms with Gasteiger partial charge in [0.25, 0.3) is 0 Å². The molecule has 0 aliphatic carbocycles. The maximum Gasteiger partial charge on any atom is 0.165 e. The first-order chi connectivity index (χ1) is 42.1. The molecule has 13 nitrogen and oxygen atoms in total. The van der Waals surface area contributed by atoms with Crippen LogP contribution in [-0.2, 0) is 48.6 Å². The summed E-state index contributed by atoms with van der Waals surface area (Å²) >= 11 is 0. The molecule has 4 heterocycles. The largest absolute Gasteiger partial charge is 0.543 e. The molecule has 5 N–H and O–H groups in total. The fourth-order valence-corrected chi connectivity index (χ4v) is 14.8. The molecule has 15 unspecified atom stereocenters. The van der Waals surface area contributed by atoms with Crippen LogP contribution in [0.5, 0.6) is 69.0 Å². The van der Waals surface area contributed by atoms with E-state index in [2.05, 4.69) is 148 Å². The van der Waals surface area contributed by atoms with E-state index in [1.165, 1.54) is 29.3 Å². The van der Waals surface area contributed by atoms with Crippen LogP contribution in [0.3, 0.4) is 0 Å². The van der Waals surface area contributed by atoms with Gasteiger partial charge in [0.2, 0.25) is 0 Å². The van der Waals surface area contributed by atoms with Crippen LogP contribution >= 0.6 is 37.9 Å². The molecule has 0 fully saturated rings. The minimum atomic E-state index is -1.63. The van der Waals surface area contributed by atoms with E-state index in [9.17, 15) is 25.5 Å². The first-order valence-corrected chi connectivity index (χ1v) is 31.0. The molecule has 4 aliphatic rings. The Bertz CT molecular complexity index is 4140. The summed E-state index contributed by atoms with van der Waals surface area (Å²) in [5, 5.41) is 61.6. The van der Waals surface area contributed by atoms with Crippen LogP contribution in [0.15, 0.2) is 91.0 Å². The van der Waals surface area contributed by atoms with Crippen molar-refractivity contribution in [3.05, 3.63) is 198 Å². The van der Waals surface area contributed by atoms with Crippen molar-refractivity contribution in [2.45, 2.75) is 117 Å². The predicted octanol–water partition coefficient (Wildman–Crippen LogP) is 13.0. The van der Waals surface area contributed by atoms with Crippen molar-refractivity contribution in [3.8, 4) is 69.0 Å². The molecule has 4 radical (unpaired) electrons. The number of rotatable bonds is 11. The van der Waals surface area contributed by atoms with E-state index in [4.69, 9.17) is 52.7 Å². The van der Waals surface area contributed by atoms with E-state index in [0.717, 1.165) is 62.2 Å². The second-order valence-corrected chi connectivity index (χ2v) is 25.2. The Balaban J connectivity index is 0.00000445. The molecule has 8 aromatic rings. The van der Waals surface area contributed by atoms with Crippen molar-refractivity contribution in [1.82, 2.24) is 0 Å². The average Bonchev–Trinajstić information content (AvgIpc) is 0.718. The normalized spacial score (nSPS) is 22.8. The number of fused-ring (bicyclic) bond motifs is 4.